The van der Waals surface area contributed by atoms with E-state index in [0.29, 0.717) is 0 Å². The van der Waals surface area contributed by atoms with Gasteiger partial charge in [0.15, 0.2) is 0 Å². The van der Waals surface area contributed by atoms with Crippen LogP contribution in [0.3, 0.4) is 0 Å². The van der Waals surface area contributed by atoms with Crippen LogP contribution in [-0.2, 0) is 13.0 Å². The van der Waals surface area contributed by atoms with Crippen molar-refractivity contribution in [3.63, 3.8) is 0 Å². The summed E-state index contributed by atoms with van der Waals surface area (Å²) < 4.78 is 1.12. The first-order valence-electron chi connectivity index (χ1n) is 6.41. The molecular formula is C16H19BrN2. The Hall–Kier alpha value is -1.32. The molecule has 0 atom stereocenters. The zero-order valence-corrected chi connectivity index (χ0v) is 12.7. The summed E-state index contributed by atoms with van der Waals surface area (Å²) in [5, 5.41) is 0. The monoisotopic (exact) mass is 318 g/mol. The van der Waals surface area contributed by atoms with Gasteiger partial charge in [-0.3, -0.25) is 0 Å². The molecule has 0 aromatic heterocycles. The number of nitrogens with zero attached hydrogens (tertiary/aromatic N) is 1. The third kappa shape index (κ3) is 4.37. The number of hydrogen-bond acceptors (Lipinski definition) is 2. The Labute approximate surface area is 123 Å². The second-order valence-corrected chi connectivity index (χ2v) is 5.73. The van der Waals surface area contributed by atoms with Crippen LogP contribution in [0.15, 0.2) is 53.0 Å². The molecule has 0 heterocycles. The first kappa shape index (κ1) is 14.1. The number of nitrogen functional groups attached to an aromatic ring is 1. The van der Waals surface area contributed by atoms with Gasteiger partial charge in [0, 0.05) is 23.2 Å². The number of halogens is 1. The van der Waals surface area contributed by atoms with E-state index in [1.54, 1.807) is 0 Å². The van der Waals surface area contributed by atoms with E-state index in [2.05, 4.69) is 58.2 Å². The summed E-state index contributed by atoms with van der Waals surface area (Å²) >= 11 is 3.45. The minimum atomic E-state index is 0.888. The maximum Gasteiger partial charge on any atom is 0.0347 e. The summed E-state index contributed by atoms with van der Waals surface area (Å²) in [6.45, 7) is 1.96. The second-order valence-electron chi connectivity index (χ2n) is 4.81. The molecule has 2 aromatic rings. The van der Waals surface area contributed by atoms with Crippen molar-refractivity contribution in [2.45, 2.75) is 13.0 Å². The van der Waals surface area contributed by atoms with Gasteiger partial charge in [0.1, 0.15) is 0 Å². The largest absolute Gasteiger partial charge is 0.399 e. The van der Waals surface area contributed by atoms with E-state index >= 15 is 0 Å². The molecule has 2 aromatic carbocycles. The SMILES string of the molecule is CN(CCc1ccccc1N)Cc1ccc(Br)cc1. The molecule has 2 nitrogen and oxygen atoms in total. The van der Waals surface area contributed by atoms with Crippen molar-refractivity contribution < 1.29 is 0 Å². The fraction of sp³-hybridized carbons (Fsp3) is 0.250. The fourth-order valence-corrected chi connectivity index (χ4v) is 2.32. The van der Waals surface area contributed by atoms with Gasteiger partial charge >= 0.3 is 0 Å². The zero-order chi connectivity index (χ0) is 13.7. The highest BCUT2D eigenvalue weighted by atomic mass is 79.9. The van der Waals surface area contributed by atoms with Gasteiger partial charge in [0.25, 0.3) is 0 Å². The van der Waals surface area contributed by atoms with Crippen LogP contribution < -0.4 is 5.73 Å². The van der Waals surface area contributed by atoms with Crippen LogP contribution in [0, 0.1) is 0 Å². The van der Waals surface area contributed by atoms with E-state index in [9.17, 15) is 0 Å². The Kier molecular flexibility index (Phi) is 5.00. The van der Waals surface area contributed by atoms with Gasteiger partial charge in [-0.05, 0) is 42.8 Å². The lowest BCUT2D eigenvalue weighted by Crippen LogP contribution is -2.21. The van der Waals surface area contributed by atoms with Crippen molar-refractivity contribution in [3.05, 3.63) is 64.1 Å². The lowest BCUT2D eigenvalue weighted by Gasteiger charge is -2.17. The number of benzene rings is 2. The third-order valence-corrected chi connectivity index (χ3v) is 3.71. The van der Waals surface area contributed by atoms with Crippen LogP contribution in [0.2, 0.25) is 0 Å². The number of para-hydroxylation sites is 1. The fourth-order valence-electron chi connectivity index (χ4n) is 2.05. The Morgan fingerprint density at radius 3 is 2.42 bits per heavy atom. The van der Waals surface area contributed by atoms with Gasteiger partial charge in [-0.1, -0.05) is 46.3 Å². The van der Waals surface area contributed by atoms with Crippen LogP contribution in [0.25, 0.3) is 0 Å². The average molecular weight is 319 g/mol. The number of nitrogens with two attached hydrogens (primary N) is 1. The molecule has 0 fully saturated rings. The van der Waals surface area contributed by atoms with E-state index in [1.165, 1.54) is 11.1 Å². The Balaban J connectivity index is 1.86. The second kappa shape index (κ2) is 6.73. The van der Waals surface area contributed by atoms with E-state index < -0.39 is 0 Å². The lowest BCUT2D eigenvalue weighted by molar-refractivity contribution is 0.331. The normalized spacial score (nSPS) is 10.9. The quantitative estimate of drug-likeness (QED) is 0.852. The van der Waals surface area contributed by atoms with Crippen molar-refractivity contribution in [1.29, 1.82) is 0 Å². The van der Waals surface area contributed by atoms with Gasteiger partial charge < -0.3 is 10.6 Å². The Morgan fingerprint density at radius 2 is 1.74 bits per heavy atom. The topological polar surface area (TPSA) is 29.3 Å². The predicted molar refractivity (Wildman–Crippen MR) is 85.0 cm³/mol. The maximum atomic E-state index is 5.95. The van der Waals surface area contributed by atoms with Crippen molar-refractivity contribution >= 4 is 21.6 Å². The number of anilines is 1. The summed E-state index contributed by atoms with van der Waals surface area (Å²) in [6.07, 6.45) is 0.986. The molecule has 0 aliphatic rings. The van der Waals surface area contributed by atoms with Gasteiger partial charge in [0.2, 0.25) is 0 Å². The van der Waals surface area contributed by atoms with Crippen LogP contribution in [0.1, 0.15) is 11.1 Å². The molecule has 0 aliphatic heterocycles. The van der Waals surface area contributed by atoms with Crippen molar-refractivity contribution in [1.82, 2.24) is 4.90 Å². The highest BCUT2D eigenvalue weighted by Crippen LogP contribution is 2.14. The van der Waals surface area contributed by atoms with E-state index in [0.717, 1.165) is 29.7 Å². The predicted octanol–water partition coefficient (Wildman–Crippen LogP) is 3.71. The van der Waals surface area contributed by atoms with Crippen LogP contribution >= 0.6 is 15.9 Å². The molecule has 0 unspecified atom stereocenters. The summed E-state index contributed by atoms with van der Waals surface area (Å²) in [4.78, 5) is 2.32. The first-order chi connectivity index (χ1) is 9.15. The van der Waals surface area contributed by atoms with Gasteiger partial charge in [-0.15, -0.1) is 0 Å². The summed E-state index contributed by atoms with van der Waals surface area (Å²) in [5.41, 5.74) is 9.39. The smallest absolute Gasteiger partial charge is 0.0347 e. The molecule has 0 amide bonds. The molecule has 19 heavy (non-hydrogen) atoms. The summed E-state index contributed by atoms with van der Waals surface area (Å²) in [5.74, 6) is 0. The average Bonchev–Trinajstić information content (AvgIpc) is 2.40. The number of rotatable bonds is 5. The molecule has 2 N–H and O–H groups in total. The minimum Gasteiger partial charge on any atom is -0.399 e. The molecule has 0 spiro atoms. The maximum absolute atomic E-state index is 5.95. The lowest BCUT2D eigenvalue weighted by atomic mass is 10.1. The Morgan fingerprint density at radius 1 is 1.05 bits per heavy atom. The van der Waals surface area contributed by atoms with Gasteiger partial charge in [-0.2, -0.15) is 0 Å². The molecule has 0 saturated heterocycles. The molecule has 3 heteroatoms. The van der Waals surface area contributed by atoms with Gasteiger partial charge in [0.05, 0.1) is 0 Å². The molecule has 0 saturated carbocycles. The summed E-state index contributed by atoms with van der Waals surface area (Å²) in [7, 11) is 2.14. The van der Waals surface area contributed by atoms with Gasteiger partial charge in [-0.25, -0.2) is 0 Å². The highest BCUT2D eigenvalue weighted by molar-refractivity contribution is 9.10. The number of hydrogen-bond donors (Lipinski definition) is 1. The van der Waals surface area contributed by atoms with Crippen molar-refractivity contribution in [2.75, 3.05) is 19.3 Å². The number of likely N-dealkylation sites (N-methyl/N-ethyl adjacent to an activating group) is 1. The minimum absolute atomic E-state index is 0.888. The standard InChI is InChI=1S/C16H19BrN2/c1-19(12-13-6-8-15(17)9-7-13)11-10-14-4-2-3-5-16(14)18/h2-9H,10-12,18H2,1H3. The van der Waals surface area contributed by atoms with E-state index in [4.69, 9.17) is 5.73 Å². The first-order valence-corrected chi connectivity index (χ1v) is 7.21. The molecule has 0 radical (unpaired) electrons. The van der Waals surface area contributed by atoms with Crippen LogP contribution in [0.4, 0.5) is 5.69 Å². The van der Waals surface area contributed by atoms with Crippen molar-refractivity contribution in [3.8, 4) is 0 Å². The van der Waals surface area contributed by atoms with E-state index in [1.807, 2.05) is 18.2 Å². The molecule has 0 bridgehead atoms. The molecule has 100 valence electrons. The van der Waals surface area contributed by atoms with Crippen LogP contribution in [0.5, 0.6) is 0 Å². The van der Waals surface area contributed by atoms with E-state index in [-0.39, 0.29) is 0 Å². The van der Waals surface area contributed by atoms with Crippen molar-refractivity contribution in [2.24, 2.45) is 0 Å². The zero-order valence-electron chi connectivity index (χ0n) is 11.1. The molecular weight excluding hydrogens is 300 g/mol. The highest BCUT2D eigenvalue weighted by Gasteiger charge is 2.03. The molecule has 2 rings (SSSR count). The van der Waals surface area contributed by atoms with Crippen LogP contribution in [-0.4, -0.2) is 18.5 Å². The molecule has 0 aliphatic carbocycles. The third-order valence-electron chi connectivity index (χ3n) is 3.18. The summed E-state index contributed by atoms with van der Waals surface area (Å²) in [6, 6.07) is 16.5. The Bertz CT molecular complexity index is 523.